The van der Waals surface area contributed by atoms with Crippen molar-refractivity contribution < 1.29 is 9.47 Å². The lowest BCUT2D eigenvalue weighted by molar-refractivity contribution is 0.340. The standard InChI is InChI=1S/C11H19N5O2/c1-16(7-8-5-4-6-12-8)9-13-10(17-2)15-11(14-9)18-3/h8,12H,4-7H2,1-3H3. The van der Waals surface area contributed by atoms with Crippen molar-refractivity contribution in [1.82, 2.24) is 20.3 Å². The average molecular weight is 253 g/mol. The molecule has 1 atom stereocenters. The van der Waals surface area contributed by atoms with E-state index in [1.807, 2.05) is 11.9 Å². The summed E-state index contributed by atoms with van der Waals surface area (Å²) in [6, 6.07) is 1.02. The van der Waals surface area contributed by atoms with Gasteiger partial charge < -0.3 is 19.7 Å². The fraction of sp³-hybridized carbons (Fsp3) is 0.727. The maximum Gasteiger partial charge on any atom is 0.324 e. The Morgan fingerprint density at radius 3 is 2.39 bits per heavy atom. The summed E-state index contributed by atoms with van der Waals surface area (Å²) in [7, 11) is 5.00. The van der Waals surface area contributed by atoms with Gasteiger partial charge in [-0.05, 0) is 19.4 Å². The van der Waals surface area contributed by atoms with Gasteiger partial charge in [-0.3, -0.25) is 0 Å². The van der Waals surface area contributed by atoms with Gasteiger partial charge in [0.25, 0.3) is 0 Å². The molecule has 0 amide bonds. The third-order valence-corrected chi connectivity index (χ3v) is 2.95. The Morgan fingerprint density at radius 2 is 1.89 bits per heavy atom. The van der Waals surface area contributed by atoms with Crippen molar-refractivity contribution in [2.24, 2.45) is 0 Å². The van der Waals surface area contributed by atoms with Crippen molar-refractivity contribution in [3.63, 3.8) is 0 Å². The number of nitrogens with zero attached hydrogens (tertiary/aromatic N) is 4. The molecule has 1 aromatic rings. The number of nitrogens with one attached hydrogen (secondary N) is 1. The summed E-state index contributed by atoms with van der Waals surface area (Å²) in [6.45, 7) is 1.94. The molecule has 0 radical (unpaired) electrons. The molecule has 1 unspecified atom stereocenters. The highest BCUT2D eigenvalue weighted by molar-refractivity contribution is 5.31. The van der Waals surface area contributed by atoms with Crippen LogP contribution in [0, 0.1) is 0 Å². The number of hydrogen-bond donors (Lipinski definition) is 1. The van der Waals surface area contributed by atoms with Crippen LogP contribution in [0.1, 0.15) is 12.8 Å². The van der Waals surface area contributed by atoms with Crippen LogP contribution in [-0.4, -0.2) is 55.4 Å². The molecule has 7 heteroatoms. The minimum atomic E-state index is 0.267. The number of aromatic nitrogens is 3. The van der Waals surface area contributed by atoms with Gasteiger partial charge in [-0.15, -0.1) is 4.98 Å². The third kappa shape index (κ3) is 2.98. The first kappa shape index (κ1) is 12.8. The average Bonchev–Trinajstić information content (AvgIpc) is 2.90. The van der Waals surface area contributed by atoms with Gasteiger partial charge >= 0.3 is 12.0 Å². The quantitative estimate of drug-likeness (QED) is 0.796. The molecule has 0 aliphatic carbocycles. The molecule has 0 saturated carbocycles. The topological polar surface area (TPSA) is 72.4 Å². The molecule has 0 bridgehead atoms. The predicted molar refractivity (Wildman–Crippen MR) is 67.2 cm³/mol. The minimum absolute atomic E-state index is 0.267. The number of hydrogen-bond acceptors (Lipinski definition) is 7. The fourth-order valence-corrected chi connectivity index (χ4v) is 2.01. The fourth-order valence-electron chi connectivity index (χ4n) is 2.01. The molecule has 0 aromatic carbocycles. The van der Waals surface area contributed by atoms with Crippen molar-refractivity contribution in [3.05, 3.63) is 0 Å². The van der Waals surface area contributed by atoms with Gasteiger partial charge in [-0.1, -0.05) is 0 Å². The summed E-state index contributed by atoms with van der Waals surface area (Å²) in [6.07, 6.45) is 2.41. The number of methoxy groups -OCH3 is 2. The Bertz CT molecular complexity index is 373. The summed E-state index contributed by atoms with van der Waals surface area (Å²) in [5.41, 5.74) is 0. The van der Waals surface area contributed by atoms with Crippen LogP contribution >= 0.6 is 0 Å². The molecule has 1 N–H and O–H groups in total. The number of rotatable bonds is 5. The Kier molecular flexibility index (Phi) is 4.14. The molecule has 2 rings (SSSR count). The van der Waals surface area contributed by atoms with E-state index in [0.29, 0.717) is 12.0 Å². The van der Waals surface area contributed by atoms with Gasteiger partial charge in [0.05, 0.1) is 14.2 Å². The van der Waals surface area contributed by atoms with E-state index in [1.165, 1.54) is 27.1 Å². The van der Waals surface area contributed by atoms with Crippen molar-refractivity contribution in [1.29, 1.82) is 0 Å². The van der Waals surface area contributed by atoms with Gasteiger partial charge in [0.15, 0.2) is 0 Å². The molecule has 1 saturated heterocycles. The maximum atomic E-state index is 5.03. The van der Waals surface area contributed by atoms with Gasteiger partial charge in [0, 0.05) is 19.6 Å². The molecule has 7 nitrogen and oxygen atoms in total. The van der Waals surface area contributed by atoms with Crippen LogP contribution in [0.2, 0.25) is 0 Å². The molecule has 18 heavy (non-hydrogen) atoms. The number of anilines is 1. The van der Waals surface area contributed by atoms with E-state index in [-0.39, 0.29) is 12.0 Å². The zero-order valence-corrected chi connectivity index (χ0v) is 11.0. The van der Waals surface area contributed by atoms with Crippen molar-refractivity contribution >= 4 is 5.95 Å². The van der Waals surface area contributed by atoms with Crippen molar-refractivity contribution in [3.8, 4) is 12.0 Å². The van der Waals surface area contributed by atoms with E-state index in [0.717, 1.165) is 13.1 Å². The van der Waals surface area contributed by atoms with E-state index in [1.54, 1.807) is 0 Å². The minimum Gasteiger partial charge on any atom is -0.467 e. The monoisotopic (exact) mass is 253 g/mol. The lowest BCUT2D eigenvalue weighted by atomic mass is 10.2. The Hall–Kier alpha value is -1.63. The Labute approximate surface area is 107 Å². The Balaban J connectivity index is 2.09. The Morgan fingerprint density at radius 1 is 1.22 bits per heavy atom. The van der Waals surface area contributed by atoms with Gasteiger partial charge in [-0.2, -0.15) is 9.97 Å². The summed E-state index contributed by atoms with van der Waals surface area (Å²) in [4.78, 5) is 14.4. The van der Waals surface area contributed by atoms with E-state index >= 15 is 0 Å². The van der Waals surface area contributed by atoms with Crippen molar-refractivity contribution in [2.75, 3.05) is 39.3 Å². The first-order valence-corrected chi connectivity index (χ1v) is 6.01. The third-order valence-electron chi connectivity index (χ3n) is 2.95. The van der Waals surface area contributed by atoms with E-state index < -0.39 is 0 Å². The first-order chi connectivity index (χ1) is 8.72. The van der Waals surface area contributed by atoms with Crippen LogP contribution in [0.3, 0.4) is 0 Å². The second-order valence-corrected chi connectivity index (χ2v) is 4.28. The molecular formula is C11H19N5O2. The lowest BCUT2D eigenvalue weighted by Gasteiger charge is -2.21. The molecular weight excluding hydrogens is 234 g/mol. The van der Waals surface area contributed by atoms with Gasteiger partial charge in [0.1, 0.15) is 0 Å². The largest absolute Gasteiger partial charge is 0.467 e. The number of likely N-dealkylation sites (N-methyl/N-ethyl adjacent to an activating group) is 1. The van der Waals surface area contributed by atoms with Gasteiger partial charge in [-0.25, -0.2) is 0 Å². The molecule has 100 valence electrons. The van der Waals surface area contributed by atoms with E-state index in [4.69, 9.17) is 9.47 Å². The maximum absolute atomic E-state index is 5.03. The van der Waals surface area contributed by atoms with Gasteiger partial charge in [0.2, 0.25) is 5.95 Å². The SMILES string of the molecule is COc1nc(OC)nc(N(C)CC2CCCN2)n1. The zero-order valence-electron chi connectivity index (χ0n) is 11.0. The molecule has 1 aliphatic heterocycles. The van der Waals surface area contributed by atoms with Crippen molar-refractivity contribution in [2.45, 2.75) is 18.9 Å². The molecule has 0 spiro atoms. The van der Waals surface area contributed by atoms with Crippen LogP contribution in [0.4, 0.5) is 5.95 Å². The second kappa shape index (κ2) is 5.81. The van der Waals surface area contributed by atoms with Crippen LogP contribution < -0.4 is 19.7 Å². The normalized spacial score (nSPS) is 18.7. The molecule has 1 aliphatic rings. The predicted octanol–water partition coefficient (Wildman–Crippen LogP) is 0.0770. The summed E-state index contributed by atoms with van der Waals surface area (Å²) >= 11 is 0. The number of ether oxygens (including phenoxy) is 2. The second-order valence-electron chi connectivity index (χ2n) is 4.28. The van der Waals surface area contributed by atoms with Crippen LogP contribution in [-0.2, 0) is 0 Å². The smallest absolute Gasteiger partial charge is 0.324 e. The highest BCUT2D eigenvalue weighted by Gasteiger charge is 2.18. The summed E-state index contributed by atoms with van der Waals surface area (Å²) in [5.74, 6) is 0.562. The van der Waals surface area contributed by atoms with Crippen LogP contribution in [0.25, 0.3) is 0 Å². The van der Waals surface area contributed by atoms with Crippen LogP contribution in [0.5, 0.6) is 12.0 Å². The zero-order chi connectivity index (χ0) is 13.0. The van der Waals surface area contributed by atoms with Crippen LogP contribution in [0.15, 0.2) is 0 Å². The lowest BCUT2D eigenvalue weighted by Crippen LogP contribution is -2.36. The molecule has 1 aromatic heterocycles. The molecule has 2 heterocycles. The first-order valence-electron chi connectivity index (χ1n) is 6.01. The van der Waals surface area contributed by atoms with E-state index in [2.05, 4.69) is 20.3 Å². The summed E-state index contributed by atoms with van der Waals surface area (Å²) < 4.78 is 10.1. The summed E-state index contributed by atoms with van der Waals surface area (Å²) in [5, 5.41) is 3.44. The molecule has 1 fully saturated rings. The van der Waals surface area contributed by atoms with E-state index in [9.17, 15) is 0 Å². The highest BCUT2D eigenvalue weighted by Crippen LogP contribution is 2.16. The highest BCUT2D eigenvalue weighted by atomic mass is 16.5.